The molecule has 0 saturated heterocycles. The van der Waals surface area contributed by atoms with Crippen molar-refractivity contribution in [2.24, 2.45) is 18.4 Å². The van der Waals surface area contributed by atoms with Crippen LogP contribution in [0.25, 0.3) is 11.3 Å². The molecule has 27 heavy (non-hydrogen) atoms. The molecule has 2 aliphatic rings. The minimum Gasteiger partial charge on any atom is -0.294 e. The summed E-state index contributed by atoms with van der Waals surface area (Å²) in [6.45, 7) is 12.5. The molecule has 144 valence electrons. The molecule has 0 saturated carbocycles. The van der Waals surface area contributed by atoms with E-state index in [9.17, 15) is 4.79 Å². The Morgan fingerprint density at radius 2 is 1.74 bits per heavy atom. The molecule has 0 aliphatic heterocycles. The number of aromatic nitrogens is 2. The standard InChI is InChI=1S/C22H26N2O.C2H6/c1-14-13-22(4)17(21(2,3)20(14)25)12-11-16-18(24(5)23-19(16)22)15-9-7-6-8-10-15;1-2/h6-10,13,17H,11-12H2,1-5H3;1-2H3. The van der Waals surface area contributed by atoms with Gasteiger partial charge in [0.1, 0.15) is 0 Å². The highest BCUT2D eigenvalue weighted by Gasteiger charge is 2.54. The molecule has 0 bridgehead atoms. The average molecular weight is 365 g/mol. The van der Waals surface area contributed by atoms with Crippen LogP contribution in [0.2, 0.25) is 0 Å². The van der Waals surface area contributed by atoms with Gasteiger partial charge in [0.25, 0.3) is 0 Å². The van der Waals surface area contributed by atoms with Crippen molar-refractivity contribution in [2.75, 3.05) is 0 Å². The van der Waals surface area contributed by atoms with E-state index in [2.05, 4.69) is 51.1 Å². The quantitative estimate of drug-likeness (QED) is 0.671. The second-order valence-corrected chi connectivity index (χ2v) is 8.42. The second-order valence-electron chi connectivity index (χ2n) is 8.42. The zero-order valence-corrected chi connectivity index (χ0v) is 17.8. The Morgan fingerprint density at radius 1 is 1.11 bits per heavy atom. The van der Waals surface area contributed by atoms with Crippen LogP contribution in [0.5, 0.6) is 0 Å². The fourth-order valence-electron chi connectivity index (χ4n) is 5.41. The van der Waals surface area contributed by atoms with E-state index in [0.717, 1.165) is 24.1 Å². The first-order valence-electron chi connectivity index (χ1n) is 10.1. The smallest absolute Gasteiger partial charge is 0.164 e. The minimum absolute atomic E-state index is 0.181. The number of carbonyl (C=O) groups is 1. The number of ketones is 1. The summed E-state index contributed by atoms with van der Waals surface area (Å²) >= 11 is 0. The summed E-state index contributed by atoms with van der Waals surface area (Å²) in [6, 6.07) is 10.5. The summed E-state index contributed by atoms with van der Waals surface area (Å²) in [5, 5.41) is 4.97. The van der Waals surface area contributed by atoms with Gasteiger partial charge in [0.15, 0.2) is 5.78 Å². The second kappa shape index (κ2) is 6.78. The number of carbonyl (C=O) groups excluding carboxylic acids is 1. The van der Waals surface area contributed by atoms with Gasteiger partial charge in [0.05, 0.1) is 11.4 Å². The van der Waals surface area contributed by atoms with Crippen LogP contribution in [-0.4, -0.2) is 15.6 Å². The summed E-state index contributed by atoms with van der Waals surface area (Å²) < 4.78 is 2.03. The topological polar surface area (TPSA) is 34.9 Å². The molecule has 1 aromatic carbocycles. The van der Waals surface area contributed by atoms with Crippen molar-refractivity contribution in [3.05, 3.63) is 53.2 Å². The van der Waals surface area contributed by atoms with E-state index in [4.69, 9.17) is 5.10 Å². The lowest BCUT2D eigenvalue weighted by Crippen LogP contribution is -2.50. The molecule has 2 aliphatic carbocycles. The summed E-state index contributed by atoms with van der Waals surface area (Å²) in [6.07, 6.45) is 4.19. The number of Topliss-reactive ketones (excluding diaryl/α,β-unsaturated/α-hetero) is 1. The van der Waals surface area contributed by atoms with Crippen LogP contribution in [0.4, 0.5) is 0 Å². The molecule has 0 amide bonds. The molecule has 0 spiro atoms. The predicted molar refractivity (Wildman–Crippen MR) is 112 cm³/mol. The van der Waals surface area contributed by atoms with Crippen molar-refractivity contribution in [2.45, 2.75) is 59.8 Å². The van der Waals surface area contributed by atoms with Crippen LogP contribution in [0.3, 0.4) is 0 Å². The highest BCUT2D eigenvalue weighted by Crippen LogP contribution is 2.55. The number of rotatable bonds is 1. The van der Waals surface area contributed by atoms with E-state index in [1.807, 2.05) is 38.6 Å². The monoisotopic (exact) mass is 364 g/mol. The lowest BCUT2D eigenvalue weighted by Gasteiger charge is -2.50. The summed E-state index contributed by atoms with van der Waals surface area (Å²) in [5.41, 5.74) is 5.30. The van der Waals surface area contributed by atoms with Gasteiger partial charge in [-0.15, -0.1) is 0 Å². The van der Waals surface area contributed by atoms with Crippen molar-refractivity contribution in [3.8, 4) is 11.3 Å². The molecule has 0 radical (unpaired) electrons. The van der Waals surface area contributed by atoms with Crippen LogP contribution < -0.4 is 0 Å². The Kier molecular flexibility index (Phi) is 4.92. The van der Waals surface area contributed by atoms with Gasteiger partial charge in [-0.2, -0.15) is 5.10 Å². The molecule has 0 fully saturated rings. The number of aryl methyl sites for hydroxylation is 1. The first kappa shape index (κ1) is 19.6. The van der Waals surface area contributed by atoms with Gasteiger partial charge < -0.3 is 0 Å². The molecule has 1 aromatic heterocycles. The van der Waals surface area contributed by atoms with Crippen LogP contribution >= 0.6 is 0 Å². The first-order valence-corrected chi connectivity index (χ1v) is 10.1. The fraction of sp³-hybridized carbons (Fsp3) is 0.500. The molecule has 2 unspecified atom stereocenters. The highest BCUT2D eigenvalue weighted by atomic mass is 16.1. The molecule has 0 N–H and O–H groups in total. The van der Waals surface area contributed by atoms with Crippen LogP contribution in [0, 0.1) is 11.3 Å². The first-order chi connectivity index (χ1) is 12.8. The zero-order valence-electron chi connectivity index (χ0n) is 17.8. The van der Waals surface area contributed by atoms with E-state index in [-0.39, 0.29) is 16.6 Å². The van der Waals surface area contributed by atoms with Crippen molar-refractivity contribution in [1.82, 2.24) is 9.78 Å². The third-order valence-corrected chi connectivity index (χ3v) is 6.44. The van der Waals surface area contributed by atoms with E-state index < -0.39 is 0 Å². The predicted octanol–water partition coefficient (Wildman–Crippen LogP) is 5.49. The van der Waals surface area contributed by atoms with Gasteiger partial charge in [0, 0.05) is 29.0 Å². The molecule has 3 heteroatoms. The van der Waals surface area contributed by atoms with Crippen LogP contribution in [0.15, 0.2) is 42.0 Å². The van der Waals surface area contributed by atoms with Crippen molar-refractivity contribution >= 4 is 5.78 Å². The van der Waals surface area contributed by atoms with Crippen molar-refractivity contribution < 1.29 is 4.79 Å². The Morgan fingerprint density at radius 3 is 2.37 bits per heavy atom. The van der Waals surface area contributed by atoms with Gasteiger partial charge in [-0.05, 0) is 31.3 Å². The van der Waals surface area contributed by atoms with E-state index in [1.165, 1.54) is 16.8 Å². The zero-order chi connectivity index (χ0) is 20.0. The maximum atomic E-state index is 12.8. The van der Waals surface area contributed by atoms with E-state index in [0.29, 0.717) is 5.92 Å². The van der Waals surface area contributed by atoms with Crippen LogP contribution in [-0.2, 0) is 23.7 Å². The lowest BCUT2D eigenvalue weighted by atomic mass is 9.52. The SMILES string of the molecule is CC.CC1=CC2(C)c3nn(C)c(-c4ccccc4)c3CCC2C(C)(C)C1=O. The summed E-state index contributed by atoms with van der Waals surface area (Å²) in [5.74, 6) is 0.583. The summed E-state index contributed by atoms with van der Waals surface area (Å²) in [7, 11) is 2.04. The highest BCUT2D eigenvalue weighted by molar-refractivity contribution is 6.00. The number of allylic oxidation sites excluding steroid dienone is 2. The molecule has 1 heterocycles. The maximum absolute atomic E-state index is 12.8. The van der Waals surface area contributed by atoms with E-state index >= 15 is 0 Å². The molecular formula is C24H32N2O. The van der Waals surface area contributed by atoms with Crippen molar-refractivity contribution in [3.63, 3.8) is 0 Å². The third kappa shape index (κ3) is 2.79. The maximum Gasteiger partial charge on any atom is 0.164 e. The fourth-order valence-corrected chi connectivity index (χ4v) is 5.41. The summed E-state index contributed by atoms with van der Waals surface area (Å²) in [4.78, 5) is 12.8. The van der Waals surface area contributed by atoms with Crippen LogP contribution in [0.1, 0.15) is 59.2 Å². The largest absolute Gasteiger partial charge is 0.294 e. The molecule has 2 atom stereocenters. The van der Waals surface area contributed by atoms with Gasteiger partial charge in [-0.1, -0.05) is 71.0 Å². The lowest BCUT2D eigenvalue weighted by molar-refractivity contribution is -0.128. The number of fused-ring (bicyclic) bond motifs is 3. The minimum atomic E-state index is -0.338. The number of hydrogen-bond donors (Lipinski definition) is 0. The average Bonchev–Trinajstić information content (AvgIpc) is 3.00. The van der Waals surface area contributed by atoms with E-state index in [1.54, 1.807) is 0 Å². The molecular weight excluding hydrogens is 332 g/mol. The molecule has 4 rings (SSSR count). The molecule has 2 aromatic rings. The Bertz CT molecular complexity index is 889. The van der Waals surface area contributed by atoms with Gasteiger partial charge in [0.2, 0.25) is 0 Å². The Hall–Kier alpha value is -2.16. The number of nitrogens with zero attached hydrogens (tertiary/aromatic N) is 2. The third-order valence-electron chi connectivity index (χ3n) is 6.44. The Balaban J connectivity index is 0.00000102. The van der Waals surface area contributed by atoms with Gasteiger partial charge in [-0.25, -0.2) is 0 Å². The Labute approximate surface area is 163 Å². The number of benzene rings is 1. The number of hydrogen-bond acceptors (Lipinski definition) is 2. The van der Waals surface area contributed by atoms with Crippen molar-refractivity contribution in [1.29, 1.82) is 0 Å². The van der Waals surface area contributed by atoms with Gasteiger partial charge in [-0.3, -0.25) is 9.48 Å². The normalized spacial score (nSPS) is 25.7. The van der Waals surface area contributed by atoms with Gasteiger partial charge >= 0.3 is 0 Å². The molecule has 3 nitrogen and oxygen atoms in total.